The molecule has 0 fully saturated rings. The Morgan fingerprint density at radius 2 is 2.28 bits per heavy atom. The van der Waals surface area contributed by atoms with Crippen LogP contribution in [0.4, 0.5) is 5.82 Å². The molecule has 0 unspecified atom stereocenters. The van der Waals surface area contributed by atoms with Crippen LogP contribution in [0.25, 0.3) is 11.0 Å². The second kappa shape index (κ2) is 4.10. The predicted molar refractivity (Wildman–Crippen MR) is 64.9 cm³/mol. The zero-order valence-corrected chi connectivity index (χ0v) is 10.1. The molecule has 18 heavy (non-hydrogen) atoms. The Labute approximate surface area is 103 Å². The molecule has 3 aromatic rings. The van der Waals surface area contributed by atoms with Crippen LogP contribution in [0.1, 0.15) is 11.7 Å². The Balaban J connectivity index is 1.86. The molecule has 3 aromatic heterocycles. The molecule has 0 spiro atoms. The van der Waals surface area contributed by atoms with Crippen LogP contribution < -0.4 is 5.32 Å². The Kier molecular flexibility index (Phi) is 2.44. The molecule has 0 saturated heterocycles. The van der Waals surface area contributed by atoms with E-state index in [2.05, 4.69) is 25.4 Å². The maximum atomic E-state index is 5.03. The minimum Gasteiger partial charge on any atom is -0.359 e. The van der Waals surface area contributed by atoms with Crippen LogP contribution in [-0.2, 0) is 13.6 Å². The molecule has 0 bridgehead atoms. The fourth-order valence-corrected chi connectivity index (χ4v) is 1.76. The van der Waals surface area contributed by atoms with Crippen molar-refractivity contribution in [1.82, 2.24) is 24.7 Å². The van der Waals surface area contributed by atoms with Gasteiger partial charge in [0.15, 0.2) is 11.6 Å². The number of pyridine rings is 1. The Hall–Kier alpha value is -2.44. The zero-order chi connectivity index (χ0) is 12.5. The molecule has 7 nitrogen and oxygen atoms in total. The molecule has 0 aliphatic heterocycles. The molecular formula is C11H12N6O. The van der Waals surface area contributed by atoms with Crippen molar-refractivity contribution in [2.45, 2.75) is 13.5 Å². The summed E-state index contributed by atoms with van der Waals surface area (Å²) in [5.41, 5.74) is 1.85. The van der Waals surface area contributed by atoms with Gasteiger partial charge in [0.25, 0.3) is 0 Å². The van der Waals surface area contributed by atoms with E-state index in [9.17, 15) is 0 Å². The van der Waals surface area contributed by atoms with Crippen LogP contribution >= 0.6 is 0 Å². The number of aromatic nitrogens is 5. The largest absolute Gasteiger partial charge is 0.359 e. The second-order valence-electron chi connectivity index (χ2n) is 3.97. The third-order valence-electron chi connectivity index (χ3n) is 2.62. The molecule has 0 aromatic carbocycles. The molecule has 1 N–H and O–H groups in total. The van der Waals surface area contributed by atoms with E-state index >= 15 is 0 Å². The molecule has 3 heterocycles. The van der Waals surface area contributed by atoms with Gasteiger partial charge in [0.2, 0.25) is 5.89 Å². The van der Waals surface area contributed by atoms with Crippen molar-refractivity contribution in [1.29, 1.82) is 0 Å². The number of imidazole rings is 1. The smallest absolute Gasteiger partial charge is 0.245 e. The van der Waals surface area contributed by atoms with Crippen molar-refractivity contribution >= 4 is 16.9 Å². The van der Waals surface area contributed by atoms with E-state index in [0.717, 1.165) is 11.0 Å². The standard InChI is InChI=1S/C11H12N6O/c1-7-15-9(18-16-7)5-13-11-10-8(3-4-12-11)17(2)6-14-10/h3-4,6H,5H2,1-2H3,(H,12,13). The molecule has 7 heteroatoms. The van der Waals surface area contributed by atoms with Crippen LogP contribution in [0.5, 0.6) is 0 Å². The van der Waals surface area contributed by atoms with Gasteiger partial charge in [-0.25, -0.2) is 9.97 Å². The van der Waals surface area contributed by atoms with Gasteiger partial charge in [-0.15, -0.1) is 0 Å². The fourth-order valence-electron chi connectivity index (χ4n) is 1.76. The SMILES string of the molecule is Cc1noc(CNc2nccc3c2ncn3C)n1. The summed E-state index contributed by atoms with van der Waals surface area (Å²) in [4.78, 5) is 12.7. The topological polar surface area (TPSA) is 81.7 Å². The molecular weight excluding hydrogens is 232 g/mol. The summed E-state index contributed by atoms with van der Waals surface area (Å²) in [7, 11) is 1.94. The van der Waals surface area contributed by atoms with Crippen molar-refractivity contribution in [3.8, 4) is 0 Å². The van der Waals surface area contributed by atoms with Crippen molar-refractivity contribution in [2.24, 2.45) is 7.05 Å². The number of nitrogens with zero attached hydrogens (tertiary/aromatic N) is 5. The summed E-state index contributed by atoms with van der Waals surface area (Å²) in [5, 5.41) is 6.88. The molecule has 92 valence electrons. The van der Waals surface area contributed by atoms with E-state index in [1.807, 2.05) is 17.7 Å². The summed E-state index contributed by atoms with van der Waals surface area (Å²) in [6.07, 6.45) is 3.50. The summed E-state index contributed by atoms with van der Waals surface area (Å²) >= 11 is 0. The lowest BCUT2D eigenvalue weighted by atomic mass is 10.4. The maximum absolute atomic E-state index is 5.03. The Morgan fingerprint density at radius 1 is 1.39 bits per heavy atom. The molecule has 0 radical (unpaired) electrons. The summed E-state index contributed by atoms with van der Waals surface area (Å²) in [6, 6.07) is 1.92. The first-order valence-electron chi connectivity index (χ1n) is 5.53. The van der Waals surface area contributed by atoms with E-state index < -0.39 is 0 Å². The van der Waals surface area contributed by atoms with Crippen molar-refractivity contribution in [3.05, 3.63) is 30.3 Å². The van der Waals surface area contributed by atoms with Gasteiger partial charge in [0, 0.05) is 13.2 Å². The van der Waals surface area contributed by atoms with Gasteiger partial charge in [-0.1, -0.05) is 5.16 Å². The minimum atomic E-state index is 0.434. The minimum absolute atomic E-state index is 0.434. The highest BCUT2D eigenvalue weighted by atomic mass is 16.5. The quantitative estimate of drug-likeness (QED) is 0.747. The maximum Gasteiger partial charge on any atom is 0.245 e. The first kappa shape index (κ1) is 10.7. The van der Waals surface area contributed by atoms with Crippen molar-refractivity contribution in [2.75, 3.05) is 5.32 Å². The number of anilines is 1. The van der Waals surface area contributed by atoms with Gasteiger partial charge in [0.05, 0.1) is 18.4 Å². The third kappa shape index (κ3) is 1.79. The summed E-state index contributed by atoms with van der Waals surface area (Å²) in [6.45, 7) is 2.22. The lowest BCUT2D eigenvalue weighted by Gasteiger charge is -2.03. The summed E-state index contributed by atoms with van der Waals surface area (Å²) in [5.74, 6) is 1.86. The third-order valence-corrected chi connectivity index (χ3v) is 2.62. The van der Waals surface area contributed by atoms with Gasteiger partial charge < -0.3 is 14.4 Å². The van der Waals surface area contributed by atoms with Gasteiger partial charge >= 0.3 is 0 Å². The summed E-state index contributed by atoms with van der Waals surface area (Å²) < 4.78 is 6.97. The van der Waals surface area contributed by atoms with Crippen LogP contribution in [0.2, 0.25) is 0 Å². The Bertz CT molecular complexity index is 686. The van der Waals surface area contributed by atoms with Crippen molar-refractivity contribution in [3.63, 3.8) is 0 Å². The lowest BCUT2D eigenvalue weighted by molar-refractivity contribution is 0.379. The van der Waals surface area contributed by atoms with Gasteiger partial charge in [-0.3, -0.25) is 0 Å². The van der Waals surface area contributed by atoms with E-state index in [4.69, 9.17) is 4.52 Å². The average Bonchev–Trinajstić information content (AvgIpc) is 2.94. The number of hydrogen-bond acceptors (Lipinski definition) is 6. The Morgan fingerprint density at radius 3 is 3.06 bits per heavy atom. The number of rotatable bonds is 3. The molecule has 0 atom stereocenters. The fraction of sp³-hybridized carbons (Fsp3) is 0.273. The molecule has 0 amide bonds. The van der Waals surface area contributed by atoms with E-state index in [-0.39, 0.29) is 0 Å². The molecule has 3 rings (SSSR count). The predicted octanol–water partition coefficient (Wildman–Crippen LogP) is 1.27. The monoisotopic (exact) mass is 244 g/mol. The van der Waals surface area contributed by atoms with Crippen LogP contribution in [-0.4, -0.2) is 24.7 Å². The highest BCUT2D eigenvalue weighted by Crippen LogP contribution is 2.18. The number of hydrogen-bond donors (Lipinski definition) is 1. The number of nitrogens with one attached hydrogen (secondary N) is 1. The normalized spacial score (nSPS) is 11.0. The molecule has 0 aliphatic carbocycles. The second-order valence-corrected chi connectivity index (χ2v) is 3.97. The first-order chi connectivity index (χ1) is 8.74. The van der Waals surface area contributed by atoms with E-state index in [1.54, 1.807) is 19.4 Å². The first-order valence-corrected chi connectivity index (χ1v) is 5.53. The van der Waals surface area contributed by atoms with Gasteiger partial charge in [-0.05, 0) is 13.0 Å². The zero-order valence-electron chi connectivity index (χ0n) is 10.1. The van der Waals surface area contributed by atoms with Gasteiger partial charge in [0.1, 0.15) is 5.52 Å². The highest BCUT2D eigenvalue weighted by Gasteiger charge is 2.08. The highest BCUT2D eigenvalue weighted by molar-refractivity contribution is 5.85. The number of fused-ring (bicyclic) bond motifs is 1. The number of aryl methyl sites for hydroxylation is 2. The lowest BCUT2D eigenvalue weighted by Crippen LogP contribution is -2.02. The van der Waals surface area contributed by atoms with Crippen LogP contribution in [0.3, 0.4) is 0 Å². The molecule has 0 saturated carbocycles. The van der Waals surface area contributed by atoms with Gasteiger partial charge in [-0.2, -0.15) is 4.98 Å². The van der Waals surface area contributed by atoms with Crippen LogP contribution in [0, 0.1) is 6.92 Å². The van der Waals surface area contributed by atoms with Crippen molar-refractivity contribution < 1.29 is 4.52 Å². The van der Waals surface area contributed by atoms with E-state index in [1.165, 1.54) is 0 Å². The molecule has 0 aliphatic rings. The van der Waals surface area contributed by atoms with E-state index in [0.29, 0.717) is 24.1 Å². The average molecular weight is 244 g/mol. The van der Waals surface area contributed by atoms with Crippen LogP contribution in [0.15, 0.2) is 23.1 Å².